The van der Waals surface area contributed by atoms with Crippen LogP contribution < -0.4 is 10.1 Å². The average molecular weight is 465 g/mol. The first-order valence-corrected chi connectivity index (χ1v) is 11.7. The summed E-state index contributed by atoms with van der Waals surface area (Å²) in [6.07, 6.45) is 9.52. The fourth-order valence-electron chi connectivity index (χ4n) is 4.67. The maximum absolute atomic E-state index is 7.30. The van der Waals surface area contributed by atoms with Crippen LogP contribution in [0, 0.1) is 12.5 Å². The fraction of sp³-hybridized carbons (Fsp3) is 0.269. The number of aryl methyl sites for hydroxylation is 1. The van der Waals surface area contributed by atoms with Crippen molar-refractivity contribution in [1.29, 1.82) is 0 Å². The summed E-state index contributed by atoms with van der Waals surface area (Å²) in [5.41, 5.74) is 5.58. The van der Waals surface area contributed by atoms with Gasteiger partial charge in [0.2, 0.25) is 5.88 Å². The molecule has 1 aromatic carbocycles. The van der Waals surface area contributed by atoms with E-state index < -0.39 is 0 Å². The van der Waals surface area contributed by atoms with Gasteiger partial charge in [-0.05, 0) is 31.0 Å². The minimum Gasteiger partial charge on any atom is -0.476 e. The maximum atomic E-state index is 7.30. The molecule has 6 rings (SSSR count). The van der Waals surface area contributed by atoms with Gasteiger partial charge in [-0.25, -0.2) is 19.8 Å². The molecule has 9 nitrogen and oxygen atoms in total. The molecule has 1 aliphatic rings. The molecular weight excluding hydrogens is 440 g/mol. The molecule has 1 atom stereocenters. The van der Waals surface area contributed by atoms with Gasteiger partial charge in [0.15, 0.2) is 11.3 Å². The van der Waals surface area contributed by atoms with Gasteiger partial charge in [-0.1, -0.05) is 24.3 Å². The van der Waals surface area contributed by atoms with Crippen molar-refractivity contribution in [3.8, 4) is 28.4 Å². The van der Waals surface area contributed by atoms with E-state index in [4.69, 9.17) is 16.3 Å². The van der Waals surface area contributed by atoms with Gasteiger partial charge < -0.3 is 10.1 Å². The van der Waals surface area contributed by atoms with Gasteiger partial charge in [0.1, 0.15) is 5.52 Å². The third-order valence-electron chi connectivity index (χ3n) is 6.51. The molecule has 0 bridgehead atoms. The highest BCUT2D eigenvalue weighted by Crippen LogP contribution is 2.36. The van der Waals surface area contributed by atoms with Crippen LogP contribution in [0.25, 0.3) is 43.9 Å². The smallest absolute Gasteiger partial charge is 0.240 e. The maximum Gasteiger partial charge on any atom is 0.240 e. The van der Waals surface area contributed by atoms with Crippen molar-refractivity contribution in [3.05, 3.63) is 66.7 Å². The summed E-state index contributed by atoms with van der Waals surface area (Å²) >= 11 is 0. The molecule has 0 aliphatic carbocycles. The van der Waals surface area contributed by atoms with Gasteiger partial charge in [-0.2, -0.15) is 5.10 Å². The van der Waals surface area contributed by atoms with Gasteiger partial charge in [-0.3, -0.25) is 9.08 Å². The van der Waals surface area contributed by atoms with E-state index in [2.05, 4.69) is 31.3 Å². The normalized spacial score (nSPS) is 15.9. The number of nitrogens with one attached hydrogen (secondary N) is 1. The molecule has 1 N–H and O–H groups in total. The number of aromatic nitrogens is 6. The van der Waals surface area contributed by atoms with Crippen LogP contribution >= 0.6 is 0 Å². The summed E-state index contributed by atoms with van der Waals surface area (Å²) < 4.78 is 10.1. The second kappa shape index (κ2) is 8.81. The van der Waals surface area contributed by atoms with E-state index >= 15 is 0 Å². The Bertz CT molecular complexity index is 1550. The lowest BCUT2D eigenvalue weighted by molar-refractivity contribution is 0.214. The summed E-state index contributed by atoms with van der Waals surface area (Å²) in [5, 5.41) is 8.72. The van der Waals surface area contributed by atoms with Crippen LogP contribution in [0.2, 0.25) is 0 Å². The molecule has 0 saturated carbocycles. The van der Waals surface area contributed by atoms with E-state index in [1.54, 1.807) is 17.2 Å². The molecule has 1 saturated heterocycles. The standard InChI is InChI=1S/C26H24N8O/c1-27-21-7-5-18(6-8-21)23-24(19-10-20-13-31-33(2)25(20)30-12-19)34-16-29-14-22(34)26(32-23)35-15-17-4-3-9-28-11-17/h5-8,10,12-14,16-17,28H,3-4,9,11,15H2,2H3/t17-/m1/s1. The summed E-state index contributed by atoms with van der Waals surface area (Å²) in [4.78, 5) is 17.6. The number of imidazole rings is 1. The second-order valence-electron chi connectivity index (χ2n) is 8.85. The zero-order valence-corrected chi connectivity index (χ0v) is 19.3. The van der Waals surface area contributed by atoms with Crippen molar-refractivity contribution >= 4 is 22.2 Å². The molecule has 4 aromatic heterocycles. The largest absolute Gasteiger partial charge is 0.476 e. The van der Waals surface area contributed by atoms with E-state index in [0.29, 0.717) is 24.1 Å². The first kappa shape index (κ1) is 21.3. The molecule has 35 heavy (non-hydrogen) atoms. The first-order valence-electron chi connectivity index (χ1n) is 11.7. The summed E-state index contributed by atoms with van der Waals surface area (Å²) in [5.74, 6) is 1.00. The molecular formula is C26H24N8O. The predicted molar refractivity (Wildman–Crippen MR) is 133 cm³/mol. The Morgan fingerprint density at radius 3 is 2.86 bits per heavy atom. The van der Waals surface area contributed by atoms with Crippen molar-refractivity contribution in [3.63, 3.8) is 0 Å². The van der Waals surface area contributed by atoms with Crippen molar-refractivity contribution in [2.24, 2.45) is 13.0 Å². The lowest BCUT2D eigenvalue weighted by Gasteiger charge is -2.23. The fourth-order valence-corrected chi connectivity index (χ4v) is 4.67. The Labute approximate surface area is 202 Å². The van der Waals surface area contributed by atoms with Gasteiger partial charge >= 0.3 is 0 Å². The number of hydrogen-bond acceptors (Lipinski definition) is 6. The van der Waals surface area contributed by atoms with Crippen LogP contribution in [0.5, 0.6) is 5.88 Å². The average Bonchev–Trinajstić information content (AvgIpc) is 3.54. The van der Waals surface area contributed by atoms with Crippen LogP contribution in [-0.2, 0) is 7.05 Å². The Hall–Kier alpha value is -4.29. The molecule has 9 heteroatoms. The number of hydrogen-bond donors (Lipinski definition) is 1. The monoisotopic (exact) mass is 464 g/mol. The Morgan fingerprint density at radius 1 is 1.17 bits per heavy atom. The first-order chi connectivity index (χ1) is 17.2. The second-order valence-corrected chi connectivity index (χ2v) is 8.85. The lowest BCUT2D eigenvalue weighted by Crippen LogP contribution is -2.33. The van der Waals surface area contributed by atoms with Crippen LogP contribution in [0.15, 0.2) is 55.2 Å². The van der Waals surface area contributed by atoms with Crippen molar-refractivity contribution in [1.82, 2.24) is 34.4 Å². The number of rotatable bonds is 5. The Balaban J connectivity index is 1.51. The number of ether oxygens (including phenoxy) is 1. The van der Waals surface area contributed by atoms with E-state index in [9.17, 15) is 0 Å². The van der Waals surface area contributed by atoms with E-state index in [-0.39, 0.29) is 0 Å². The number of benzene rings is 1. The summed E-state index contributed by atoms with van der Waals surface area (Å²) in [6, 6.07) is 9.53. The van der Waals surface area contributed by atoms with Gasteiger partial charge in [-0.15, -0.1) is 0 Å². The van der Waals surface area contributed by atoms with Crippen LogP contribution in [0.4, 0.5) is 5.69 Å². The zero-order chi connectivity index (χ0) is 23.8. The molecule has 1 aliphatic heterocycles. The van der Waals surface area contributed by atoms with Crippen LogP contribution in [0.1, 0.15) is 12.8 Å². The van der Waals surface area contributed by atoms with E-state index in [1.165, 1.54) is 0 Å². The van der Waals surface area contributed by atoms with Crippen molar-refractivity contribution in [2.75, 3.05) is 19.7 Å². The van der Waals surface area contributed by atoms with E-state index in [1.807, 2.05) is 48.1 Å². The van der Waals surface area contributed by atoms with Gasteiger partial charge in [0.05, 0.1) is 43.3 Å². The molecule has 0 unspecified atom stereocenters. The molecule has 0 amide bonds. The number of pyridine rings is 1. The van der Waals surface area contributed by atoms with Gasteiger partial charge in [0, 0.05) is 36.7 Å². The SMILES string of the molecule is [C-]#[N+]c1ccc(-c2nc(OC[C@@H]3CCCNC3)c3cncn3c2-c2cnc3c(cnn3C)c2)cc1. The zero-order valence-electron chi connectivity index (χ0n) is 19.3. The summed E-state index contributed by atoms with van der Waals surface area (Å²) in [7, 11) is 1.88. The molecule has 0 spiro atoms. The highest BCUT2D eigenvalue weighted by molar-refractivity contribution is 5.87. The van der Waals surface area contributed by atoms with Gasteiger partial charge in [0.25, 0.3) is 0 Å². The highest BCUT2D eigenvalue weighted by atomic mass is 16.5. The van der Waals surface area contributed by atoms with Crippen LogP contribution in [0.3, 0.4) is 0 Å². The molecule has 1 fully saturated rings. The molecule has 0 radical (unpaired) electrons. The highest BCUT2D eigenvalue weighted by Gasteiger charge is 2.21. The quantitative estimate of drug-likeness (QED) is 0.391. The van der Waals surface area contributed by atoms with Crippen molar-refractivity contribution < 1.29 is 4.74 Å². The minimum atomic E-state index is 0.451. The topological polar surface area (TPSA) is 86.5 Å². The van der Waals surface area contributed by atoms with Crippen molar-refractivity contribution in [2.45, 2.75) is 12.8 Å². The Kier molecular flexibility index (Phi) is 5.35. The molecule has 5 heterocycles. The Morgan fingerprint density at radius 2 is 2.06 bits per heavy atom. The third kappa shape index (κ3) is 3.88. The number of nitrogens with zero attached hydrogens (tertiary/aromatic N) is 7. The summed E-state index contributed by atoms with van der Waals surface area (Å²) in [6.45, 7) is 9.92. The number of piperidine rings is 1. The lowest BCUT2D eigenvalue weighted by atomic mass is 10.0. The third-order valence-corrected chi connectivity index (χ3v) is 6.51. The predicted octanol–water partition coefficient (Wildman–Crippen LogP) is 4.27. The van der Waals surface area contributed by atoms with Crippen LogP contribution in [-0.4, -0.2) is 48.8 Å². The number of fused-ring (bicyclic) bond motifs is 2. The molecule has 5 aromatic rings. The minimum absolute atomic E-state index is 0.451. The molecule has 174 valence electrons. The van der Waals surface area contributed by atoms with E-state index in [0.717, 1.165) is 65.0 Å².